The summed E-state index contributed by atoms with van der Waals surface area (Å²) >= 11 is 5.45. The van der Waals surface area contributed by atoms with E-state index in [-0.39, 0.29) is 25.0 Å². The quantitative estimate of drug-likeness (QED) is 0.141. The Morgan fingerprint density at radius 3 is 2.03 bits per heavy atom. The standard InChI is InChI=1S/C22H32N4O7S2/c1-35-10-9-15(24-19(29)14(23)12-34)20(30)26-17(11-13-5-3-2-4-6-13)21(31)25-16(22(32)33)7-8-18(27)28/h2-6,14-17,34H,7-12,23H2,1H3,(H,24,29)(H,25,31)(H,26,30)(H,27,28)(H,32,33). The lowest BCUT2D eigenvalue weighted by molar-refractivity contribution is -0.143. The van der Waals surface area contributed by atoms with Crippen molar-refractivity contribution in [3.05, 3.63) is 35.9 Å². The van der Waals surface area contributed by atoms with Crippen LogP contribution in [0.2, 0.25) is 0 Å². The highest BCUT2D eigenvalue weighted by atomic mass is 32.2. The molecule has 0 radical (unpaired) electrons. The molecular formula is C22H32N4O7S2. The maximum atomic E-state index is 13.1. The van der Waals surface area contributed by atoms with Crippen LogP contribution in [0.4, 0.5) is 0 Å². The van der Waals surface area contributed by atoms with Gasteiger partial charge < -0.3 is 31.9 Å². The monoisotopic (exact) mass is 528 g/mol. The van der Waals surface area contributed by atoms with Crippen LogP contribution in [0.3, 0.4) is 0 Å². The van der Waals surface area contributed by atoms with E-state index in [0.717, 1.165) is 0 Å². The van der Waals surface area contributed by atoms with Crippen molar-refractivity contribution in [2.75, 3.05) is 17.8 Å². The number of hydrogen-bond donors (Lipinski definition) is 7. The van der Waals surface area contributed by atoms with Gasteiger partial charge in [-0.1, -0.05) is 30.3 Å². The molecule has 0 spiro atoms. The molecule has 3 amide bonds. The fourth-order valence-electron chi connectivity index (χ4n) is 3.00. The summed E-state index contributed by atoms with van der Waals surface area (Å²) < 4.78 is 0. The SMILES string of the molecule is CSCCC(NC(=O)C(N)CS)C(=O)NC(Cc1ccccc1)C(=O)NC(CCC(=O)O)C(=O)O. The van der Waals surface area contributed by atoms with Gasteiger partial charge in [-0.15, -0.1) is 0 Å². The van der Waals surface area contributed by atoms with Crippen LogP contribution in [0.25, 0.3) is 0 Å². The molecule has 4 atom stereocenters. The van der Waals surface area contributed by atoms with E-state index in [1.54, 1.807) is 30.3 Å². The summed E-state index contributed by atoms with van der Waals surface area (Å²) in [6, 6.07) is 4.24. The number of thiol groups is 1. The Kier molecular flexibility index (Phi) is 13.8. The van der Waals surface area contributed by atoms with Crippen LogP contribution in [0.15, 0.2) is 30.3 Å². The zero-order valence-electron chi connectivity index (χ0n) is 19.3. The molecule has 0 aliphatic rings. The van der Waals surface area contributed by atoms with E-state index < -0.39 is 60.2 Å². The highest BCUT2D eigenvalue weighted by Gasteiger charge is 2.30. The summed E-state index contributed by atoms with van der Waals surface area (Å²) in [6.07, 6.45) is 1.37. The smallest absolute Gasteiger partial charge is 0.326 e. The van der Waals surface area contributed by atoms with Gasteiger partial charge in [0.2, 0.25) is 17.7 Å². The maximum Gasteiger partial charge on any atom is 0.326 e. The van der Waals surface area contributed by atoms with Crippen LogP contribution in [0, 0.1) is 0 Å². The third kappa shape index (κ3) is 11.5. The van der Waals surface area contributed by atoms with E-state index in [0.29, 0.717) is 11.3 Å². The van der Waals surface area contributed by atoms with Crippen LogP contribution in [0.5, 0.6) is 0 Å². The van der Waals surface area contributed by atoms with Crippen LogP contribution >= 0.6 is 24.4 Å². The predicted molar refractivity (Wildman–Crippen MR) is 135 cm³/mol. The zero-order valence-corrected chi connectivity index (χ0v) is 21.0. The van der Waals surface area contributed by atoms with Gasteiger partial charge in [0.25, 0.3) is 0 Å². The average molecular weight is 529 g/mol. The normalized spacial score (nSPS) is 14.1. The number of nitrogens with two attached hydrogens (primary N) is 1. The van der Waals surface area contributed by atoms with E-state index in [4.69, 9.17) is 10.8 Å². The minimum atomic E-state index is -1.45. The summed E-state index contributed by atoms with van der Waals surface area (Å²) in [6.45, 7) is 0. The van der Waals surface area contributed by atoms with Crippen molar-refractivity contribution in [1.29, 1.82) is 0 Å². The molecule has 0 aliphatic carbocycles. The Hall–Kier alpha value is -2.77. The van der Waals surface area contributed by atoms with Gasteiger partial charge in [-0.2, -0.15) is 24.4 Å². The summed E-state index contributed by atoms with van der Waals surface area (Å²) in [4.78, 5) is 60.7. The second kappa shape index (κ2) is 16.0. The van der Waals surface area contributed by atoms with E-state index in [9.17, 15) is 29.1 Å². The fraction of sp³-hybridized carbons (Fsp3) is 0.500. The Morgan fingerprint density at radius 1 is 0.914 bits per heavy atom. The van der Waals surface area contributed by atoms with E-state index in [1.807, 2.05) is 6.26 Å². The number of rotatable bonds is 16. The van der Waals surface area contributed by atoms with E-state index in [1.165, 1.54) is 11.8 Å². The molecule has 0 aromatic heterocycles. The Labute approximate surface area is 213 Å². The lowest BCUT2D eigenvalue weighted by Gasteiger charge is -2.25. The van der Waals surface area contributed by atoms with Gasteiger partial charge in [-0.05, 0) is 30.4 Å². The van der Waals surface area contributed by atoms with Crippen LogP contribution < -0.4 is 21.7 Å². The number of thioether (sulfide) groups is 1. The molecule has 11 nitrogen and oxygen atoms in total. The fourth-order valence-corrected chi connectivity index (χ4v) is 3.63. The number of aliphatic carboxylic acids is 2. The average Bonchev–Trinajstić information content (AvgIpc) is 2.83. The molecule has 194 valence electrons. The van der Waals surface area contributed by atoms with Gasteiger partial charge in [0.15, 0.2) is 0 Å². The molecule has 0 fully saturated rings. The first kappa shape index (κ1) is 30.3. The lowest BCUT2D eigenvalue weighted by Crippen LogP contribution is -2.58. The molecule has 0 aliphatic heterocycles. The third-order valence-electron chi connectivity index (χ3n) is 4.95. The number of carboxylic acids is 2. The zero-order chi connectivity index (χ0) is 26.4. The molecule has 0 bridgehead atoms. The molecule has 4 unspecified atom stereocenters. The summed E-state index contributed by atoms with van der Waals surface area (Å²) in [5, 5.41) is 25.7. The number of carbonyl (C=O) groups excluding carboxylic acids is 3. The summed E-state index contributed by atoms with van der Waals surface area (Å²) in [7, 11) is 0. The molecule has 0 saturated heterocycles. The second-order valence-corrected chi connectivity index (χ2v) is 9.07. The molecule has 1 aromatic rings. The second-order valence-electron chi connectivity index (χ2n) is 7.71. The van der Waals surface area contributed by atoms with Crippen molar-refractivity contribution >= 4 is 54.1 Å². The van der Waals surface area contributed by atoms with Gasteiger partial charge in [0.05, 0.1) is 6.04 Å². The van der Waals surface area contributed by atoms with Crippen LogP contribution in [-0.4, -0.2) is 81.8 Å². The Morgan fingerprint density at radius 2 is 1.49 bits per heavy atom. The maximum absolute atomic E-state index is 13.1. The molecule has 1 rings (SSSR count). The molecule has 35 heavy (non-hydrogen) atoms. The lowest BCUT2D eigenvalue weighted by atomic mass is 10.0. The van der Waals surface area contributed by atoms with Crippen molar-refractivity contribution in [2.24, 2.45) is 5.73 Å². The van der Waals surface area contributed by atoms with Crippen LogP contribution in [0.1, 0.15) is 24.8 Å². The van der Waals surface area contributed by atoms with Crippen molar-refractivity contribution in [2.45, 2.75) is 49.9 Å². The first-order valence-corrected chi connectivity index (χ1v) is 12.9. The molecular weight excluding hydrogens is 496 g/mol. The minimum absolute atomic E-state index is 0.0447. The molecule has 7 N–H and O–H groups in total. The van der Waals surface area contributed by atoms with Gasteiger partial charge in [0, 0.05) is 18.6 Å². The molecule has 13 heteroatoms. The topological polar surface area (TPSA) is 188 Å². The predicted octanol–water partition coefficient (Wildman–Crippen LogP) is -0.357. The van der Waals surface area contributed by atoms with Gasteiger partial charge in [-0.25, -0.2) is 4.79 Å². The first-order valence-electron chi connectivity index (χ1n) is 10.8. The first-order chi connectivity index (χ1) is 16.6. The highest BCUT2D eigenvalue weighted by molar-refractivity contribution is 7.98. The largest absolute Gasteiger partial charge is 0.481 e. The number of benzene rings is 1. The Balaban J connectivity index is 3.08. The van der Waals surface area contributed by atoms with Crippen molar-refractivity contribution in [3.8, 4) is 0 Å². The molecule has 0 heterocycles. The highest BCUT2D eigenvalue weighted by Crippen LogP contribution is 2.08. The van der Waals surface area contributed by atoms with E-state index in [2.05, 4.69) is 28.6 Å². The number of carboxylic acid groups (broad SMARTS) is 2. The minimum Gasteiger partial charge on any atom is -0.481 e. The van der Waals surface area contributed by atoms with Gasteiger partial charge in [-0.3, -0.25) is 19.2 Å². The van der Waals surface area contributed by atoms with Crippen molar-refractivity contribution < 1.29 is 34.2 Å². The molecule has 0 saturated carbocycles. The van der Waals surface area contributed by atoms with Gasteiger partial charge in [0.1, 0.15) is 18.1 Å². The van der Waals surface area contributed by atoms with Crippen LogP contribution in [-0.2, 0) is 30.4 Å². The molecule has 1 aromatic carbocycles. The Bertz CT molecular complexity index is 873. The van der Waals surface area contributed by atoms with E-state index >= 15 is 0 Å². The summed E-state index contributed by atoms with van der Waals surface area (Å²) in [5.74, 6) is -3.96. The number of hydrogen-bond acceptors (Lipinski definition) is 8. The number of amides is 3. The summed E-state index contributed by atoms with van der Waals surface area (Å²) in [5.41, 5.74) is 6.39. The number of carbonyl (C=O) groups is 5. The number of nitrogens with one attached hydrogen (secondary N) is 3. The van der Waals surface area contributed by atoms with Crippen molar-refractivity contribution in [1.82, 2.24) is 16.0 Å². The van der Waals surface area contributed by atoms with Crippen molar-refractivity contribution in [3.63, 3.8) is 0 Å². The third-order valence-corrected chi connectivity index (χ3v) is 5.99. The van der Waals surface area contributed by atoms with Gasteiger partial charge >= 0.3 is 11.9 Å².